The molecule has 5 nitrogen and oxygen atoms in total. The minimum atomic E-state index is -0.130. The van der Waals surface area contributed by atoms with Crippen LogP contribution in [0.1, 0.15) is 43.6 Å². The number of carbonyl (C=O) groups excluding carboxylic acids is 3. The Bertz CT molecular complexity index is 584. The summed E-state index contributed by atoms with van der Waals surface area (Å²) in [6.07, 6.45) is 3.40. The number of hydrogen-bond donors (Lipinski definition) is 1. The average Bonchev–Trinajstić information content (AvgIpc) is 3.18. The number of amides is 3. The van der Waals surface area contributed by atoms with Crippen molar-refractivity contribution in [3.63, 3.8) is 0 Å². The Morgan fingerprint density at radius 3 is 2.48 bits per heavy atom. The molecule has 0 unspecified atom stereocenters. The van der Waals surface area contributed by atoms with Crippen LogP contribution in [0.2, 0.25) is 0 Å². The highest BCUT2D eigenvalue weighted by Gasteiger charge is 2.31. The zero-order chi connectivity index (χ0) is 16.2. The lowest BCUT2D eigenvalue weighted by molar-refractivity contribution is -0.138. The molecular formula is C18H22N2O3. The molecule has 2 atom stereocenters. The first-order valence-corrected chi connectivity index (χ1v) is 8.31. The molecule has 5 heteroatoms. The van der Waals surface area contributed by atoms with Gasteiger partial charge in [-0.05, 0) is 30.7 Å². The van der Waals surface area contributed by atoms with Gasteiger partial charge in [-0.3, -0.25) is 19.3 Å². The number of carbonyl (C=O) groups is 3. The van der Waals surface area contributed by atoms with E-state index in [4.69, 9.17) is 0 Å². The SMILES string of the molecule is O=C(NCCN1C(=O)CCC1=O)[C@H]1CC[C@H](c2ccccc2)C1. The molecule has 1 aliphatic heterocycles. The van der Waals surface area contributed by atoms with Crippen LogP contribution in [0, 0.1) is 5.92 Å². The predicted molar refractivity (Wildman–Crippen MR) is 85.5 cm³/mol. The molecule has 0 bridgehead atoms. The number of rotatable bonds is 5. The molecule has 0 spiro atoms. The molecule has 2 aliphatic rings. The highest BCUT2D eigenvalue weighted by molar-refractivity contribution is 6.01. The van der Waals surface area contributed by atoms with Gasteiger partial charge in [0, 0.05) is 31.8 Å². The fraction of sp³-hybridized carbons (Fsp3) is 0.500. The van der Waals surface area contributed by atoms with E-state index >= 15 is 0 Å². The standard InChI is InChI=1S/C18H22N2O3/c21-16-8-9-17(22)20(16)11-10-19-18(23)15-7-6-14(12-15)13-4-2-1-3-5-13/h1-5,14-15H,6-12H2,(H,19,23)/t14-,15-/m0/s1. The third-order valence-corrected chi connectivity index (χ3v) is 4.86. The van der Waals surface area contributed by atoms with E-state index in [0.717, 1.165) is 19.3 Å². The molecule has 1 aromatic rings. The molecule has 1 N–H and O–H groups in total. The molecule has 2 fully saturated rings. The van der Waals surface area contributed by atoms with Crippen LogP contribution in [0.5, 0.6) is 0 Å². The smallest absolute Gasteiger partial charge is 0.229 e. The number of imide groups is 1. The maximum atomic E-state index is 12.3. The molecule has 1 saturated heterocycles. The van der Waals surface area contributed by atoms with E-state index in [9.17, 15) is 14.4 Å². The maximum Gasteiger partial charge on any atom is 0.229 e. The minimum Gasteiger partial charge on any atom is -0.354 e. The van der Waals surface area contributed by atoms with Gasteiger partial charge >= 0.3 is 0 Å². The monoisotopic (exact) mass is 314 g/mol. The van der Waals surface area contributed by atoms with Crippen LogP contribution in [0.15, 0.2) is 30.3 Å². The summed E-state index contributed by atoms with van der Waals surface area (Å²) in [6.45, 7) is 0.640. The van der Waals surface area contributed by atoms with E-state index in [0.29, 0.717) is 25.3 Å². The molecule has 122 valence electrons. The van der Waals surface area contributed by atoms with Gasteiger partial charge < -0.3 is 5.32 Å². The summed E-state index contributed by atoms with van der Waals surface area (Å²) in [4.78, 5) is 36.5. The van der Waals surface area contributed by atoms with Gasteiger partial charge in [0.2, 0.25) is 17.7 Å². The van der Waals surface area contributed by atoms with Crippen molar-refractivity contribution in [1.29, 1.82) is 0 Å². The van der Waals surface area contributed by atoms with Crippen LogP contribution in [0.25, 0.3) is 0 Å². The number of likely N-dealkylation sites (tertiary alicyclic amines) is 1. The summed E-state index contributed by atoms with van der Waals surface area (Å²) >= 11 is 0. The van der Waals surface area contributed by atoms with Crippen molar-refractivity contribution in [2.45, 2.75) is 38.0 Å². The van der Waals surface area contributed by atoms with E-state index in [-0.39, 0.29) is 30.2 Å². The average molecular weight is 314 g/mol. The van der Waals surface area contributed by atoms with Gasteiger partial charge in [0.05, 0.1) is 0 Å². The first-order chi connectivity index (χ1) is 11.1. The molecule has 3 rings (SSSR count). The number of benzene rings is 1. The summed E-state index contributed by atoms with van der Waals surface area (Å²) in [7, 11) is 0. The molecule has 0 radical (unpaired) electrons. The Hall–Kier alpha value is -2.17. The molecule has 1 heterocycles. The normalized spacial score (nSPS) is 24.3. The Kier molecular flexibility index (Phi) is 4.74. The van der Waals surface area contributed by atoms with Crippen molar-refractivity contribution >= 4 is 17.7 Å². The van der Waals surface area contributed by atoms with Crippen molar-refractivity contribution < 1.29 is 14.4 Å². The second-order valence-corrected chi connectivity index (χ2v) is 6.35. The van der Waals surface area contributed by atoms with E-state index < -0.39 is 0 Å². The maximum absolute atomic E-state index is 12.3. The Labute approximate surface area is 136 Å². The summed E-state index contributed by atoms with van der Waals surface area (Å²) in [5.41, 5.74) is 1.30. The zero-order valence-corrected chi connectivity index (χ0v) is 13.2. The van der Waals surface area contributed by atoms with Crippen LogP contribution >= 0.6 is 0 Å². The second-order valence-electron chi connectivity index (χ2n) is 6.35. The molecule has 1 aliphatic carbocycles. The van der Waals surface area contributed by atoms with Gasteiger partial charge in [0.15, 0.2) is 0 Å². The van der Waals surface area contributed by atoms with E-state index in [1.807, 2.05) is 18.2 Å². The van der Waals surface area contributed by atoms with Gasteiger partial charge in [-0.2, -0.15) is 0 Å². The molecule has 23 heavy (non-hydrogen) atoms. The van der Waals surface area contributed by atoms with Crippen LogP contribution in [0.3, 0.4) is 0 Å². The van der Waals surface area contributed by atoms with Crippen molar-refractivity contribution in [2.24, 2.45) is 5.92 Å². The predicted octanol–water partition coefficient (Wildman–Crippen LogP) is 1.84. The van der Waals surface area contributed by atoms with Crippen LogP contribution in [-0.2, 0) is 14.4 Å². The third kappa shape index (κ3) is 3.60. The Balaban J connectivity index is 1.44. The lowest BCUT2D eigenvalue weighted by atomic mass is 9.96. The summed E-state index contributed by atoms with van der Waals surface area (Å²) in [6, 6.07) is 10.3. The first kappa shape index (κ1) is 15.7. The first-order valence-electron chi connectivity index (χ1n) is 8.31. The highest BCUT2D eigenvalue weighted by atomic mass is 16.2. The highest BCUT2D eigenvalue weighted by Crippen LogP contribution is 2.38. The third-order valence-electron chi connectivity index (χ3n) is 4.86. The number of hydrogen-bond acceptors (Lipinski definition) is 3. The fourth-order valence-corrected chi connectivity index (χ4v) is 3.56. The van der Waals surface area contributed by atoms with Crippen molar-refractivity contribution in [3.8, 4) is 0 Å². The van der Waals surface area contributed by atoms with E-state index in [1.54, 1.807) is 0 Å². The van der Waals surface area contributed by atoms with Crippen molar-refractivity contribution in [3.05, 3.63) is 35.9 Å². The second kappa shape index (κ2) is 6.94. The summed E-state index contributed by atoms with van der Waals surface area (Å²) < 4.78 is 0. The van der Waals surface area contributed by atoms with Gasteiger partial charge in [0.1, 0.15) is 0 Å². The van der Waals surface area contributed by atoms with Crippen LogP contribution in [0.4, 0.5) is 0 Å². The quantitative estimate of drug-likeness (QED) is 0.843. The number of nitrogens with zero attached hydrogens (tertiary/aromatic N) is 1. The minimum absolute atomic E-state index is 0.0326. The van der Waals surface area contributed by atoms with Gasteiger partial charge in [0.25, 0.3) is 0 Å². The van der Waals surface area contributed by atoms with Gasteiger partial charge in [-0.1, -0.05) is 30.3 Å². The molecular weight excluding hydrogens is 292 g/mol. The van der Waals surface area contributed by atoms with Crippen LogP contribution < -0.4 is 5.32 Å². The molecule has 1 saturated carbocycles. The van der Waals surface area contributed by atoms with Crippen molar-refractivity contribution in [1.82, 2.24) is 10.2 Å². The van der Waals surface area contributed by atoms with E-state index in [1.165, 1.54) is 10.5 Å². The molecule has 0 aromatic heterocycles. The zero-order valence-electron chi connectivity index (χ0n) is 13.2. The summed E-state index contributed by atoms with van der Waals surface area (Å²) in [5.74, 6) is 0.268. The van der Waals surface area contributed by atoms with E-state index in [2.05, 4.69) is 17.4 Å². The topological polar surface area (TPSA) is 66.5 Å². The van der Waals surface area contributed by atoms with Gasteiger partial charge in [-0.15, -0.1) is 0 Å². The Morgan fingerprint density at radius 1 is 1.09 bits per heavy atom. The molecule has 3 amide bonds. The largest absolute Gasteiger partial charge is 0.354 e. The molecule has 1 aromatic carbocycles. The lowest BCUT2D eigenvalue weighted by Crippen LogP contribution is -2.39. The number of nitrogens with one attached hydrogen (secondary N) is 1. The lowest BCUT2D eigenvalue weighted by Gasteiger charge is -2.16. The van der Waals surface area contributed by atoms with Crippen LogP contribution in [-0.4, -0.2) is 35.7 Å². The Morgan fingerprint density at radius 2 is 1.78 bits per heavy atom. The fourth-order valence-electron chi connectivity index (χ4n) is 3.56. The van der Waals surface area contributed by atoms with Crippen molar-refractivity contribution in [2.75, 3.05) is 13.1 Å². The van der Waals surface area contributed by atoms with Gasteiger partial charge in [-0.25, -0.2) is 0 Å². The summed E-state index contributed by atoms with van der Waals surface area (Å²) in [5, 5.41) is 2.88.